The van der Waals surface area contributed by atoms with Crippen molar-refractivity contribution >= 4 is 57.3 Å². The Balaban J connectivity index is 1.15. The number of hydrogen-bond donors (Lipinski definition) is 2. The van der Waals surface area contributed by atoms with Crippen LogP contribution in [0.4, 0.5) is 10.8 Å². The number of benzene rings is 1. The summed E-state index contributed by atoms with van der Waals surface area (Å²) in [6.07, 6.45) is 6.99. The highest BCUT2D eigenvalue weighted by Gasteiger charge is 2.54. The maximum atomic E-state index is 13.1. The molecule has 2 N–H and O–H groups in total. The van der Waals surface area contributed by atoms with Gasteiger partial charge < -0.3 is 10.6 Å². The lowest BCUT2D eigenvalue weighted by Gasteiger charge is -2.55. The van der Waals surface area contributed by atoms with Gasteiger partial charge in [-0.2, -0.15) is 0 Å². The number of nitrogens with one attached hydrogen (secondary N) is 2. The number of carbonyl (C=O) groups is 2. The topological polar surface area (TPSA) is 84.0 Å². The van der Waals surface area contributed by atoms with E-state index < -0.39 is 0 Å². The second-order valence-corrected chi connectivity index (χ2v) is 11.9. The Hall–Kier alpha value is -1.64. The average molecular weight is 477 g/mol. The second-order valence-electron chi connectivity index (χ2n) is 9.33. The number of aromatic nitrogens is 2. The Kier molecular flexibility index (Phi) is 5.73. The van der Waals surface area contributed by atoms with Crippen LogP contribution in [0, 0.1) is 30.1 Å². The van der Waals surface area contributed by atoms with Crippen molar-refractivity contribution in [3.63, 3.8) is 0 Å². The number of halogens is 1. The third-order valence-corrected chi connectivity index (χ3v) is 9.31. The summed E-state index contributed by atoms with van der Waals surface area (Å²) in [5.41, 5.74) is 1.43. The number of nitrogens with zero attached hydrogens (tertiary/aromatic N) is 2. The fourth-order valence-corrected chi connectivity index (χ4v) is 7.66. The number of thioether (sulfide) groups is 1. The number of anilines is 2. The van der Waals surface area contributed by atoms with E-state index in [1.807, 2.05) is 19.1 Å². The van der Waals surface area contributed by atoms with Gasteiger partial charge in [-0.15, -0.1) is 10.2 Å². The molecule has 4 bridgehead atoms. The van der Waals surface area contributed by atoms with Crippen molar-refractivity contribution in [3.05, 3.63) is 28.8 Å². The third kappa shape index (κ3) is 4.47. The van der Waals surface area contributed by atoms with Crippen molar-refractivity contribution in [2.75, 3.05) is 16.4 Å². The summed E-state index contributed by atoms with van der Waals surface area (Å²) < 4.78 is 0.665. The van der Waals surface area contributed by atoms with E-state index in [0.717, 1.165) is 42.6 Å². The minimum atomic E-state index is -0.205. The van der Waals surface area contributed by atoms with E-state index in [-0.39, 0.29) is 23.0 Å². The van der Waals surface area contributed by atoms with Crippen LogP contribution in [0.2, 0.25) is 5.02 Å². The number of aryl methyl sites for hydroxylation is 1. The van der Waals surface area contributed by atoms with Crippen LogP contribution in [0.3, 0.4) is 0 Å². The third-order valence-electron chi connectivity index (χ3n) is 6.93. The summed E-state index contributed by atoms with van der Waals surface area (Å²) in [4.78, 5) is 25.4. The van der Waals surface area contributed by atoms with Crippen molar-refractivity contribution in [1.82, 2.24) is 10.2 Å². The molecule has 4 aliphatic rings. The second kappa shape index (κ2) is 8.37. The summed E-state index contributed by atoms with van der Waals surface area (Å²) >= 11 is 8.74. The van der Waals surface area contributed by atoms with Gasteiger partial charge in [0.05, 0.1) is 11.2 Å². The van der Waals surface area contributed by atoms with Crippen molar-refractivity contribution in [2.45, 2.75) is 49.8 Å². The molecule has 1 heterocycles. The van der Waals surface area contributed by atoms with Crippen LogP contribution in [-0.4, -0.2) is 27.8 Å². The molecule has 1 aromatic heterocycles. The first kappa shape index (κ1) is 21.2. The van der Waals surface area contributed by atoms with Gasteiger partial charge in [-0.05, 0) is 80.9 Å². The predicted molar refractivity (Wildman–Crippen MR) is 125 cm³/mol. The van der Waals surface area contributed by atoms with E-state index in [0.29, 0.717) is 20.2 Å². The van der Waals surface area contributed by atoms with Crippen LogP contribution >= 0.6 is 34.7 Å². The first-order valence-corrected chi connectivity index (χ1v) is 12.9. The lowest BCUT2D eigenvalue weighted by Crippen LogP contribution is -2.51. The Morgan fingerprint density at radius 3 is 2.45 bits per heavy atom. The average Bonchev–Trinajstić information content (AvgIpc) is 3.15. The standard InChI is InChI=1S/C22H25ClN4O2S2/c1-12-2-3-16(7-17(12)23)24-18(28)11-30-21-27-26-20(31-21)25-19(29)22-8-13-4-14(9-22)6-15(5-13)10-22/h2-3,7,13-15H,4-6,8-11H2,1H3,(H,24,28)(H,25,26,29). The lowest BCUT2D eigenvalue weighted by molar-refractivity contribution is -0.140. The van der Waals surface area contributed by atoms with Crippen LogP contribution in [-0.2, 0) is 9.59 Å². The molecule has 0 radical (unpaired) electrons. The quantitative estimate of drug-likeness (QED) is 0.431. The summed E-state index contributed by atoms with van der Waals surface area (Å²) in [6, 6.07) is 5.43. The molecule has 9 heteroatoms. The maximum Gasteiger partial charge on any atom is 0.234 e. The van der Waals surface area contributed by atoms with Gasteiger partial charge in [-0.1, -0.05) is 40.8 Å². The van der Waals surface area contributed by atoms with Gasteiger partial charge in [0, 0.05) is 10.7 Å². The van der Waals surface area contributed by atoms with Gasteiger partial charge in [0.25, 0.3) is 0 Å². The molecular formula is C22H25ClN4O2S2. The molecule has 31 heavy (non-hydrogen) atoms. The first-order valence-electron chi connectivity index (χ1n) is 10.7. The van der Waals surface area contributed by atoms with E-state index in [9.17, 15) is 9.59 Å². The molecule has 0 saturated heterocycles. The van der Waals surface area contributed by atoms with Crippen LogP contribution in [0.25, 0.3) is 0 Å². The Morgan fingerprint density at radius 2 is 1.81 bits per heavy atom. The Labute approximate surface area is 194 Å². The molecule has 6 nitrogen and oxygen atoms in total. The molecule has 4 saturated carbocycles. The summed E-state index contributed by atoms with van der Waals surface area (Å²) in [5.74, 6) is 2.36. The molecule has 0 atom stereocenters. The predicted octanol–water partition coefficient (Wildman–Crippen LogP) is 5.39. The van der Waals surface area contributed by atoms with Gasteiger partial charge >= 0.3 is 0 Å². The largest absolute Gasteiger partial charge is 0.325 e. The molecular weight excluding hydrogens is 452 g/mol. The maximum absolute atomic E-state index is 13.1. The molecule has 1 aromatic carbocycles. The molecule has 4 aliphatic carbocycles. The normalized spacial score (nSPS) is 28.5. The smallest absolute Gasteiger partial charge is 0.234 e. The number of rotatable bonds is 6. The fraction of sp³-hybridized carbons (Fsp3) is 0.545. The van der Waals surface area contributed by atoms with Crippen LogP contribution < -0.4 is 10.6 Å². The minimum Gasteiger partial charge on any atom is -0.325 e. The molecule has 2 aromatic rings. The van der Waals surface area contributed by atoms with Crippen molar-refractivity contribution in [3.8, 4) is 0 Å². The molecule has 2 amide bonds. The number of amides is 2. The van der Waals surface area contributed by atoms with Crippen LogP contribution in [0.5, 0.6) is 0 Å². The van der Waals surface area contributed by atoms with Gasteiger partial charge in [0.15, 0.2) is 4.34 Å². The van der Waals surface area contributed by atoms with Gasteiger partial charge in [-0.3, -0.25) is 9.59 Å². The summed E-state index contributed by atoms with van der Waals surface area (Å²) in [6.45, 7) is 1.92. The number of carbonyl (C=O) groups excluding carboxylic acids is 2. The molecule has 0 aliphatic heterocycles. The van der Waals surface area contributed by atoms with Gasteiger partial charge in [-0.25, -0.2) is 0 Å². The first-order chi connectivity index (χ1) is 14.9. The van der Waals surface area contributed by atoms with E-state index in [4.69, 9.17) is 11.6 Å². The zero-order valence-electron chi connectivity index (χ0n) is 17.3. The molecule has 0 spiro atoms. The highest BCUT2D eigenvalue weighted by Crippen LogP contribution is 2.60. The lowest BCUT2D eigenvalue weighted by atomic mass is 9.49. The van der Waals surface area contributed by atoms with E-state index in [1.54, 1.807) is 6.07 Å². The van der Waals surface area contributed by atoms with Gasteiger partial charge in [0.1, 0.15) is 0 Å². The van der Waals surface area contributed by atoms with E-state index in [2.05, 4.69) is 20.8 Å². The monoisotopic (exact) mass is 476 g/mol. The van der Waals surface area contributed by atoms with Gasteiger partial charge in [0.2, 0.25) is 16.9 Å². The zero-order valence-corrected chi connectivity index (χ0v) is 19.7. The molecule has 0 unspecified atom stereocenters. The van der Waals surface area contributed by atoms with E-state index >= 15 is 0 Å². The summed E-state index contributed by atoms with van der Waals surface area (Å²) in [7, 11) is 0. The molecule has 164 valence electrons. The molecule has 4 fully saturated rings. The van der Waals surface area contributed by atoms with Crippen LogP contribution in [0.15, 0.2) is 22.5 Å². The zero-order chi connectivity index (χ0) is 21.6. The summed E-state index contributed by atoms with van der Waals surface area (Å²) in [5, 5.41) is 15.3. The Bertz CT molecular complexity index is 989. The fourth-order valence-electron chi connectivity index (χ4n) is 5.93. The van der Waals surface area contributed by atoms with Crippen molar-refractivity contribution in [1.29, 1.82) is 0 Å². The highest BCUT2D eigenvalue weighted by atomic mass is 35.5. The highest BCUT2D eigenvalue weighted by molar-refractivity contribution is 8.01. The number of hydrogen-bond acceptors (Lipinski definition) is 6. The molecule has 6 rings (SSSR count). The van der Waals surface area contributed by atoms with Crippen molar-refractivity contribution in [2.24, 2.45) is 23.2 Å². The van der Waals surface area contributed by atoms with Crippen molar-refractivity contribution < 1.29 is 9.59 Å². The Morgan fingerprint density at radius 1 is 1.13 bits per heavy atom. The minimum absolute atomic E-state index is 0.119. The van der Waals surface area contributed by atoms with E-state index in [1.165, 1.54) is 42.4 Å². The SMILES string of the molecule is Cc1ccc(NC(=O)CSc2nnc(NC(=O)C34CC5CC(CC(C5)C3)C4)s2)cc1Cl. The van der Waals surface area contributed by atoms with Crippen LogP contribution in [0.1, 0.15) is 44.1 Å².